The zero-order valence-electron chi connectivity index (χ0n) is 18.3. The summed E-state index contributed by atoms with van der Waals surface area (Å²) < 4.78 is 19.6. The van der Waals surface area contributed by atoms with Crippen molar-refractivity contribution in [3.05, 3.63) is 46.9 Å². The van der Waals surface area contributed by atoms with Crippen molar-refractivity contribution in [1.29, 1.82) is 0 Å². The molecular formula is C23H29FN2O5. The molecular weight excluding hydrogens is 403 g/mol. The predicted molar refractivity (Wildman–Crippen MR) is 116 cm³/mol. The van der Waals surface area contributed by atoms with Crippen LogP contribution in [0.5, 0.6) is 0 Å². The van der Waals surface area contributed by atoms with E-state index in [1.165, 1.54) is 10.8 Å². The van der Waals surface area contributed by atoms with E-state index >= 15 is 0 Å². The molecule has 0 aliphatic heterocycles. The number of ether oxygens (including phenoxy) is 1. The quantitative estimate of drug-likeness (QED) is 0.615. The van der Waals surface area contributed by atoms with Crippen LogP contribution in [0.25, 0.3) is 10.8 Å². The minimum atomic E-state index is -1.37. The number of nitrogens with one attached hydrogen (secondary N) is 1. The van der Waals surface area contributed by atoms with Crippen LogP contribution in [0.1, 0.15) is 53.0 Å². The van der Waals surface area contributed by atoms with Crippen LogP contribution >= 0.6 is 0 Å². The lowest BCUT2D eigenvalue weighted by Crippen LogP contribution is -2.47. The molecule has 0 fully saturated rings. The molecule has 0 bridgehead atoms. The van der Waals surface area contributed by atoms with Crippen LogP contribution in [0.15, 0.2) is 41.3 Å². The van der Waals surface area contributed by atoms with Crippen LogP contribution in [0.2, 0.25) is 0 Å². The largest absolute Gasteiger partial charge is 0.460 e. The minimum Gasteiger partial charge on any atom is -0.460 e. The number of benzene rings is 1. The Labute approximate surface area is 180 Å². The van der Waals surface area contributed by atoms with Gasteiger partial charge in [-0.15, -0.1) is 0 Å². The number of hydrogen-bond donors (Lipinski definition) is 1. The number of nitrogens with zero attached hydrogens (tertiary/aromatic N) is 1. The first-order chi connectivity index (χ1) is 14.6. The number of carbonyl (C=O) groups excluding carboxylic acids is 3. The van der Waals surface area contributed by atoms with E-state index in [0.29, 0.717) is 18.2 Å². The van der Waals surface area contributed by atoms with Crippen LogP contribution in [0.4, 0.5) is 4.39 Å². The average molecular weight is 432 g/mol. The molecule has 0 spiro atoms. The zero-order chi connectivity index (χ0) is 23.2. The monoisotopic (exact) mass is 432 g/mol. The van der Waals surface area contributed by atoms with Crippen LogP contribution in [0.3, 0.4) is 0 Å². The molecule has 1 heterocycles. The van der Waals surface area contributed by atoms with Crippen molar-refractivity contribution in [3.63, 3.8) is 0 Å². The van der Waals surface area contributed by atoms with Gasteiger partial charge >= 0.3 is 5.97 Å². The van der Waals surface area contributed by atoms with Crippen molar-refractivity contribution in [3.8, 4) is 0 Å². The number of fused-ring (bicyclic) bond motifs is 1. The molecule has 1 unspecified atom stereocenters. The number of halogens is 1. The van der Waals surface area contributed by atoms with Gasteiger partial charge in [0, 0.05) is 11.6 Å². The molecule has 1 aromatic carbocycles. The number of esters is 1. The first-order valence-electron chi connectivity index (χ1n) is 10.3. The third-order valence-electron chi connectivity index (χ3n) is 4.67. The summed E-state index contributed by atoms with van der Waals surface area (Å²) in [4.78, 5) is 50.1. The minimum absolute atomic E-state index is 0.326. The Morgan fingerprint density at radius 2 is 1.84 bits per heavy atom. The van der Waals surface area contributed by atoms with Gasteiger partial charge in [-0.1, -0.05) is 31.5 Å². The molecule has 1 aromatic heterocycles. The lowest BCUT2D eigenvalue weighted by Gasteiger charge is -2.24. The van der Waals surface area contributed by atoms with E-state index in [-0.39, 0.29) is 5.56 Å². The standard InChI is InChI=1S/C23H29FN2O5/c1-5-8-18(26-12-11-15-9-6-7-10-16(15)22(26)30)21(29)25-17(19(27)14-24)13-20(28)31-23(2,3)4/h6-7,9-12,17-18H,5,8,13-14H2,1-4H3,(H,25,29)/t17?,18-/m0/s1. The number of Topliss-reactive ketones (excluding diaryl/α,β-unsaturated/α-hetero) is 1. The molecule has 0 saturated carbocycles. The zero-order valence-corrected chi connectivity index (χ0v) is 18.3. The van der Waals surface area contributed by atoms with Gasteiger partial charge in [0.05, 0.1) is 6.42 Å². The second kappa shape index (κ2) is 10.3. The molecule has 2 rings (SSSR count). The van der Waals surface area contributed by atoms with E-state index in [4.69, 9.17) is 4.74 Å². The summed E-state index contributed by atoms with van der Waals surface area (Å²) in [6.07, 6.45) is 1.96. The van der Waals surface area contributed by atoms with Gasteiger partial charge in [-0.2, -0.15) is 0 Å². The van der Waals surface area contributed by atoms with Crippen LogP contribution in [-0.2, 0) is 19.1 Å². The SMILES string of the molecule is CCC[C@@H](C(=O)NC(CC(=O)OC(C)(C)C)C(=O)CF)n1ccc2ccccc2c1=O. The summed E-state index contributed by atoms with van der Waals surface area (Å²) in [5.74, 6) is -2.29. The highest BCUT2D eigenvalue weighted by molar-refractivity contribution is 5.94. The maximum Gasteiger partial charge on any atom is 0.308 e. The molecule has 0 radical (unpaired) electrons. The van der Waals surface area contributed by atoms with E-state index < -0.39 is 48.4 Å². The van der Waals surface area contributed by atoms with Gasteiger partial charge < -0.3 is 14.6 Å². The number of aromatic nitrogens is 1. The Morgan fingerprint density at radius 3 is 2.45 bits per heavy atom. The van der Waals surface area contributed by atoms with E-state index in [0.717, 1.165) is 5.39 Å². The van der Waals surface area contributed by atoms with Crippen molar-refractivity contribution in [2.45, 2.75) is 64.6 Å². The van der Waals surface area contributed by atoms with E-state index in [9.17, 15) is 23.6 Å². The number of carbonyl (C=O) groups is 3. The van der Waals surface area contributed by atoms with Gasteiger partial charge in [0.25, 0.3) is 5.56 Å². The normalized spacial score (nSPS) is 13.5. The van der Waals surface area contributed by atoms with E-state index in [1.807, 2.05) is 13.0 Å². The van der Waals surface area contributed by atoms with Gasteiger partial charge in [0.15, 0.2) is 5.78 Å². The first-order valence-corrected chi connectivity index (χ1v) is 10.3. The van der Waals surface area contributed by atoms with Gasteiger partial charge in [0.2, 0.25) is 5.91 Å². The maximum absolute atomic E-state index is 13.1. The van der Waals surface area contributed by atoms with Gasteiger partial charge in [-0.3, -0.25) is 19.2 Å². The lowest BCUT2D eigenvalue weighted by atomic mass is 10.1. The first kappa shape index (κ1) is 24.2. The second-order valence-corrected chi connectivity index (χ2v) is 8.37. The highest BCUT2D eigenvalue weighted by Crippen LogP contribution is 2.17. The highest BCUT2D eigenvalue weighted by Gasteiger charge is 2.30. The number of alkyl halides is 1. The number of ketones is 1. The molecule has 2 atom stereocenters. The van der Waals surface area contributed by atoms with Crippen molar-refractivity contribution in [2.24, 2.45) is 0 Å². The highest BCUT2D eigenvalue weighted by atomic mass is 19.1. The molecule has 0 aliphatic rings. The Bertz CT molecular complexity index is 1010. The predicted octanol–water partition coefficient (Wildman–Crippen LogP) is 3.10. The summed E-state index contributed by atoms with van der Waals surface area (Å²) in [7, 11) is 0. The molecule has 31 heavy (non-hydrogen) atoms. The summed E-state index contributed by atoms with van der Waals surface area (Å²) >= 11 is 0. The molecule has 2 aromatic rings. The number of rotatable bonds is 9. The summed E-state index contributed by atoms with van der Waals surface area (Å²) in [6.45, 7) is 5.52. The molecule has 1 amide bonds. The van der Waals surface area contributed by atoms with Crippen molar-refractivity contribution >= 4 is 28.4 Å². The average Bonchev–Trinajstić information content (AvgIpc) is 2.70. The maximum atomic E-state index is 13.1. The fraction of sp³-hybridized carbons (Fsp3) is 0.478. The Morgan fingerprint density at radius 1 is 1.16 bits per heavy atom. The molecule has 8 heteroatoms. The Kier molecular flexibility index (Phi) is 8.08. The van der Waals surface area contributed by atoms with Gasteiger partial charge in [-0.25, -0.2) is 4.39 Å². The van der Waals surface area contributed by atoms with E-state index in [2.05, 4.69) is 5.32 Å². The Hall–Kier alpha value is -3.03. The Balaban J connectivity index is 2.30. The second-order valence-electron chi connectivity index (χ2n) is 8.37. The number of amides is 1. The van der Waals surface area contributed by atoms with Crippen molar-refractivity contribution < 1.29 is 23.5 Å². The molecule has 7 nitrogen and oxygen atoms in total. The lowest BCUT2D eigenvalue weighted by molar-refractivity contribution is -0.156. The third kappa shape index (κ3) is 6.47. The molecule has 168 valence electrons. The molecule has 0 aliphatic carbocycles. The van der Waals surface area contributed by atoms with Crippen LogP contribution < -0.4 is 10.9 Å². The van der Waals surface area contributed by atoms with Crippen LogP contribution in [-0.4, -0.2) is 40.5 Å². The van der Waals surface area contributed by atoms with Crippen molar-refractivity contribution in [1.82, 2.24) is 9.88 Å². The van der Waals surface area contributed by atoms with Gasteiger partial charge in [0.1, 0.15) is 24.4 Å². The molecule has 1 N–H and O–H groups in total. The molecule has 0 saturated heterocycles. The fourth-order valence-corrected chi connectivity index (χ4v) is 3.28. The van der Waals surface area contributed by atoms with E-state index in [1.54, 1.807) is 45.0 Å². The van der Waals surface area contributed by atoms with Crippen molar-refractivity contribution in [2.75, 3.05) is 6.67 Å². The smallest absolute Gasteiger partial charge is 0.308 e. The number of pyridine rings is 1. The summed E-state index contributed by atoms with van der Waals surface area (Å²) in [5, 5.41) is 3.66. The summed E-state index contributed by atoms with van der Waals surface area (Å²) in [5.41, 5.74) is -1.12. The van der Waals surface area contributed by atoms with Gasteiger partial charge in [-0.05, 0) is 44.7 Å². The third-order valence-corrected chi connectivity index (χ3v) is 4.67. The fourth-order valence-electron chi connectivity index (χ4n) is 3.28. The van der Waals surface area contributed by atoms with Crippen LogP contribution in [0, 0.1) is 0 Å². The number of hydrogen-bond acceptors (Lipinski definition) is 5. The summed E-state index contributed by atoms with van der Waals surface area (Å²) in [6, 6.07) is 6.47. The topological polar surface area (TPSA) is 94.5 Å².